The molecule has 1 amide bonds. The fourth-order valence-corrected chi connectivity index (χ4v) is 5.40. The Morgan fingerprint density at radius 3 is 2.42 bits per heavy atom. The lowest BCUT2D eigenvalue weighted by atomic mass is 10.0. The molecule has 1 aliphatic rings. The molecule has 168 valence electrons. The summed E-state index contributed by atoms with van der Waals surface area (Å²) in [6.07, 6.45) is 3.20. The van der Waals surface area contributed by atoms with Crippen LogP contribution in [0.25, 0.3) is 0 Å². The number of rotatable bonds is 9. The van der Waals surface area contributed by atoms with E-state index in [9.17, 15) is 13.2 Å². The molecule has 3 rings (SSSR count). The van der Waals surface area contributed by atoms with Crippen molar-refractivity contribution in [2.75, 3.05) is 26.8 Å². The van der Waals surface area contributed by atoms with Gasteiger partial charge in [0.15, 0.2) is 6.61 Å². The standard InChI is InChI=1S/C23H30N2O5S/c1-18-6-12-22(13-7-18)31(27,28)25-16-4-3-5-19(25)14-15-24-23(26)17-30-21-10-8-20(29-2)9-11-21/h6-13,19H,3-5,14-17H2,1-2H3,(H,24,26). The quantitative estimate of drug-likeness (QED) is 0.640. The predicted molar refractivity (Wildman–Crippen MR) is 119 cm³/mol. The Bertz CT molecular complexity index is 958. The number of hydrogen-bond acceptors (Lipinski definition) is 5. The van der Waals surface area contributed by atoms with Crippen molar-refractivity contribution in [3.63, 3.8) is 0 Å². The van der Waals surface area contributed by atoms with Gasteiger partial charge in [-0.2, -0.15) is 4.31 Å². The molecule has 2 aromatic rings. The fraction of sp³-hybridized carbons (Fsp3) is 0.435. The van der Waals surface area contributed by atoms with Crippen molar-refractivity contribution in [2.24, 2.45) is 0 Å². The van der Waals surface area contributed by atoms with Crippen molar-refractivity contribution >= 4 is 15.9 Å². The molecule has 1 atom stereocenters. The van der Waals surface area contributed by atoms with Crippen molar-refractivity contribution in [1.29, 1.82) is 0 Å². The van der Waals surface area contributed by atoms with Crippen LogP contribution in [0.3, 0.4) is 0 Å². The molecule has 0 radical (unpaired) electrons. The number of amides is 1. The summed E-state index contributed by atoms with van der Waals surface area (Å²) < 4.78 is 38.4. The monoisotopic (exact) mass is 446 g/mol. The molecule has 1 aliphatic heterocycles. The molecule has 7 nitrogen and oxygen atoms in total. The van der Waals surface area contributed by atoms with Crippen molar-refractivity contribution in [3.8, 4) is 11.5 Å². The number of hydrogen-bond donors (Lipinski definition) is 1. The van der Waals surface area contributed by atoms with E-state index in [4.69, 9.17) is 9.47 Å². The number of sulfonamides is 1. The van der Waals surface area contributed by atoms with Crippen LogP contribution in [0.15, 0.2) is 53.4 Å². The summed E-state index contributed by atoms with van der Waals surface area (Å²) in [7, 11) is -1.96. The Morgan fingerprint density at radius 1 is 1.06 bits per heavy atom. The molecule has 0 aliphatic carbocycles. The maximum Gasteiger partial charge on any atom is 0.257 e. The summed E-state index contributed by atoms with van der Waals surface area (Å²) in [5.41, 5.74) is 1.02. The summed E-state index contributed by atoms with van der Waals surface area (Å²) in [6, 6.07) is 13.8. The molecule has 31 heavy (non-hydrogen) atoms. The minimum Gasteiger partial charge on any atom is -0.497 e. The van der Waals surface area contributed by atoms with E-state index < -0.39 is 10.0 Å². The molecule has 1 N–H and O–H groups in total. The molecular formula is C23H30N2O5S. The number of aryl methyl sites for hydroxylation is 1. The maximum atomic E-state index is 13.1. The highest BCUT2D eigenvalue weighted by Crippen LogP contribution is 2.27. The molecule has 0 aromatic heterocycles. The summed E-state index contributed by atoms with van der Waals surface area (Å²) in [4.78, 5) is 12.4. The van der Waals surface area contributed by atoms with Crippen LogP contribution in [0.4, 0.5) is 0 Å². The molecule has 2 aromatic carbocycles. The number of nitrogens with one attached hydrogen (secondary N) is 1. The van der Waals surface area contributed by atoms with Crippen LogP contribution in [-0.4, -0.2) is 51.5 Å². The zero-order valence-electron chi connectivity index (χ0n) is 18.0. The SMILES string of the molecule is COc1ccc(OCC(=O)NCCC2CCCCN2S(=O)(=O)c2ccc(C)cc2)cc1. The molecule has 0 saturated carbocycles. The van der Waals surface area contributed by atoms with Gasteiger partial charge in [0.05, 0.1) is 12.0 Å². The predicted octanol–water partition coefficient (Wildman–Crippen LogP) is 3.13. The number of carbonyl (C=O) groups excluding carboxylic acids is 1. The van der Waals surface area contributed by atoms with Gasteiger partial charge >= 0.3 is 0 Å². The Kier molecular flexibility index (Phi) is 7.92. The molecule has 1 heterocycles. The zero-order chi connectivity index (χ0) is 22.3. The third-order valence-electron chi connectivity index (χ3n) is 5.43. The second-order valence-electron chi connectivity index (χ2n) is 7.68. The number of ether oxygens (including phenoxy) is 2. The second-order valence-corrected chi connectivity index (χ2v) is 9.57. The lowest BCUT2D eigenvalue weighted by molar-refractivity contribution is -0.123. The minimum absolute atomic E-state index is 0.0949. The van der Waals surface area contributed by atoms with Gasteiger partial charge in [0.1, 0.15) is 11.5 Å². The normalized spacial score (nSPS) is 17.2. The molecule has 1 saturated heterocycles. The molecular weight excluding hydrogens is 416 g/mol. The van der Waals surface area contributed by atoms with E-state index in [-0.39, 0.29) is 18.6 Å². The van der Waals surface area contributed by atoms with Crippen LogP contribution in [0.1, 0.15) is 31.2 Å². The molecule has 1 fully saturated rings. The Balaban J connectivity index is 1.50. The highest BCUT2D eigenvalue weighted by atomic mass is 32.2. The number of piperidine rings is 1. The van der Waals surface area contributed by atoms with E-state index >= 15 is 0 Å². The number of carbonyl (C=O) groups is 1. The maximum absolute atomic E-state index is 13.1. The first kappa shape index (κ1) is 23.1. The van der Waals surface area contributed by atoms with E-state index in [2.05, 4.69) is 5.32 Å². The fourth-order valence-electron chi connectivity index (χ4n) is 3.67. The van der Waals surface area contributed by atoms with Gasteiger partial charge in [0.25, 0.3) is 5.91 Å². The average molecular weight is 447 g/mol. The van der Waals surface area contributed by atoms with E-state index in [1.807, 2.05) is 19.1 Å². The van der Waals surface area contributed by atoms with Gasteiger partial charge < -0.3 is 14.8 Å². The van der Waals surface area contributed by atoms with E-state index in [1.54, 1.807) is 47.8 Å². The number of benzene rings is 2. The Morgan fingerprint density at radius 2 is 1.74 bits per heavy atom. The average Bonchev–Trinajstić information content (AvgIpc) is 2.78. The first-order valence-corrected chi connectivity index (χ1v) is 12.0. The lowest BCUT2D eigenvalue weighted by Crippen LogP contribution is -2.45. The zero-order valence-corrected chi connectivity index (χ0v) is 18.9. The van der Waals surface area contributed by atoms with Crippen LogP contribution in [0, 0.1) is 6.92 Å². The van der Waals surface area contributed by atoms with E-state index in [1.165, 1.54) is 0 Å². The third kappa shape index (κ3) is 6.21. The van der Waals surface area contributed by atoms with Crippen molar-refractivity contribution in [3.05, 3.63) is 54.1 Å². The lowest BCUT2D eigenvalue weighted by Gasteiger charge is -2.34. The van der Waals surface area contributed by atoms with Crippen LogP contribution < -0.4 is 14.8 Å². The van der Waals surface area contributed by atoms with E-state index in [0.717, 1.165) is 30.6 Å². The highest BCUT2D eigenvalue weighted by molar-refractivity contribution is 7.89. The van der Waals surface area contributed by atoms with Crippen molar-refractivity contribution < 1.29 is 22.7 Å². The largest absolute Gasteiger partial charge is 0.497 e. The van der Waals surface area contributed by atoms with E-state index in [0.29, 0.717) is 30.2 Å². The van der Waals surface area contributed by atoms with Gasteiger partial charge in [-0.25, -0.2) is 8.42 Å². The van der Waals surface area contributed by atoms with Crippen LogP contribution >= 0.6 is 0 Å². The van der Waals surface area contributed by atoms with Gasteiger partial charge in [-0.05, 0) is 62.6 Å². The minimum atomic E-state index is -3.54. The summed E-state index contributed by atoms with van der Waals surface area (Å²) in [5.74, 6) is 1.06. The van der Waals surface area contributed by atoms with Gasteiger partial charge in [0.2, 0.25) is 10.0 Å². The molecule has 0 bridgehead atoms. The summed E-state index contributed by atoms with van der Waals surface area (Å²) in [6.45, 7) is 2.74. The first-order valence-electron chi connectivity index (χ1n) is 10.5. The first-order chi connectivity index (χ1) is 14.9. The van der Waals surface area contributed by atoms with Crippen LogP contribution in [-0.2, 0) is 14.8 Å². The van der Waals surface area contributed by atoms with Gasteiger partial charge in [-0.1, -0.05) is 24.1 Å². The van der Waals surface area contributed by atoms with Gasteiger partial charge in [-0.15, -0.1) is 0 Å². The number of methoxy groups -OCH3 is 1. The van der Waals surface area contributed by atoms with Crippen LogP contribution in [0.5, 0.6) is 11.5 Å². The molecule has 8 heteroatoms. The highest BCUT2D eigenvalue weighted by Gasteiger charge is 2.33. The third-order valence-corrected chi connectivity index (χ3v) is 7.40. The number of nitrogens with zero attached hydrogens (tertiary/aromatic N) is 1. The second kappa shape index (κ2) is 10.6. The summed E-state index contributed by atoms with van der Waals surface area (Å²) >= 11 is 0. The summed E-state index contributed by atoms with van der Waals surface area (Å²) in [5, 5.41) is 2.83. The van der Waals surface area contributed by atoms with Gasteiger partial charge in [0, 0.05) is 19.1 Å². The topological polar surface area (TPSA) is 84.9 Å². The van der Waals surface area contributed by atoms with Crippen LogP contribution in [0.2, 0.25) is 0 Å². The smallest absolute Gasteiger partial charge is 0.257 e. The molecule has 0 spiro atoms. The Hall–Kier alpha value is -2.58. The van der Waals surface area contributed by atoms with Gasteiger partial charge in [-0.3, -0.25) is 4.79 Å². The Labute approximate surface area is 184 Å². The van der Waals surface area contributed by atoms with Crippen molar-refractivity contribution in [2.45, 2.75) is 43.5 Å². The van der Waals surface area contributed by atoms with Crippen molar-refractivity contribution in [1.82, 2.24) is 9.62 Å². The molecule has 1 unspecified atom stereocenters.